The Labute approximate surface area is 209 Å². The number of ether oxygens (including phenoxy) is 4. The molecule has 1 atom stereocenters. The molecule has 0 bridgehead atoms. The summed E-state index contributed by atoms with van der Waals surface area (Å²) in [6, 6.07) is 18.6. The van der Waals surface area contributed by atoms with E-state index >= 15 is 0 Å². The predicted molar refractivity (Wildman–Crippen MR) is 139 cm³/mol. The minimum absolute atomic E-state index is 0.221. The first kappa shape index (κ1) is 23.4. The van der Waals surface area contributed by atoms with Crippen LogP contribution >= 0.6 is 0 Å². The van der Waals surface area contributed by atoms with E-state index in [-0.39, 0.29) is 12.1 Å². The highest BCUT2D eigenvalue weighted by atomic mass is 16.5. The minimum atomic E-state index is -0.317. The molecule has 0 aliphatic carbocycles. The maximum Gasteiger partial charge on any atom is 0.322 e. The number of carbonyl (C=O) groups is 1. The largest absolute Gasteiger partial charge is 0.497 e. The first-order chi connectivity index (χ1) is 17.6. The average Bonchev–Trinajstić information content (AvgIpc) is 3.30. The highest BCUT2D eigenvalue weighted by molar-refractivity contribution is 5.93. The zero-order valence-corrected chi connectivity index (χ0v) is 20.8. The Bertz CT molecular complexity index is 1400. The molecule has 186 valence electrons. The van der Waals surface area contributed by atoms with Gasteiger partial charge in [0.25, 0.3) is 0 Å². The molecule has 36 heavy (non-hydrogen) atoms. The maximum atomic E-state index is 13.7. The fraction of sp³-hybridized carbons (Fsp3) is 0.250. The number of anilines is 1. The van der Waals surface area contributed by atoms with E-state index in [1.807, 2.05) is 47.4 Å². The van der Waals surface area contributed by atoms with Crippen LogP contribution in [0, 0.1) is 0 Å². The van der Waals surface area contributed by atoms with Crippen LogP contribution in [0.2, 0.25) is 0 Å². The Morgan fingerprint density at radius 1 is 0.861 bits per heavy atom. The molecule has 1 aromatic heterocycles. The molecule has 4 aromatic rings. The van der Waals surface area contributed by atoms with E-state index in [1.165, 1.54) is 5.56 Å². The Morgan fingerprint density at radius 2 is 1.53 bits per heavy atom. The van der Waals surface area contributed by atoms with Crippen LogP contribution in [0.4, 0.5) is 10.5 Å². The smallest absolute Gasteiger partial charge is 0.322 e. The molecule has 0 spiro atoms. The van der Waals surface area contributed by atoms with Gasteiger partial charge >= 0.3 is 6.03 Å². The van der Waals surface area contributed by atoms with E-state index in [2.05, 4.69) is 10.3 Å². The molecular formula is C28H29N3O5. The summed E-state index contributed by atoms with van der Waals surface area (Å²) in [6.45, 7) is 0.540. The lowest BCUT2D eigenvalue weighted by atomic mass is 9.92. The van der Waals surface area contributed by atoms with Crippen molar-refractivity contribution in [2.24, 2.45) is 0 Å². The molecule has 1 aliphatic heterocycles. The number of hydrogen-bond acceptors (Lipinski definition) is 5. The van der Waals surface area contributed by atoms with Crippen molar-refractivity contribution in [1.29, 1.82) is 0 Å². The second-order valence-electron chi connectivity index (χ2n) is 8.54. The third kappa shape index (κ3) is 4.15. The zero-order valence-electron chi connectivity index (χ0n) is 20.8. The molecule has 2 amide bonds. The average molecular weight is 488 g/mol. The molecule has 0 unspecified atom stereocenters. The van der Waals surface area contributed by atoms with Crippen LogP contribution in [0.15, 0.2) is 60.7 Å². The molecule has 0 fully saturated rings. The monoisotopic (exact) mass is 487 g/mol. The van der Waals surface area contributed by atoms with Gasteiger partial charge in [-0.3, -0.25) is 0 Å². The van der Waals surface area contributed by atoms with E-state index in [4.69, 9.17) is 18.9 Å². The highest BCUT2D eigenvalue weighted by Gasteiger charge is 2.35. The Hall–Kier alpha value is -4.33. The number of methoxy groups -OCH3 is 4. The van der Waals surface area contributed by atoms with Crippen molar-refractivity contribution in [3.05, 3.63) is 77.5 Å². The summed E-state index contributed by atoms with van der Waals surface area (Å²) in [6.07, 6.45) is 0.711. The topological polar surface area (TPSA) is 85.1 Å². The number of carbonyl (C=O) groups excluding carboxylic acids is 1. The zero-order chi connectivity index (χ0) is 25.2. The molecule has 8 heteroatoms. The summed E-state index contributed by atoms with van der Waals surface area (Å²) in [5.41, 5.74) is 4.75. The Kier molecular flexibility index (Phi) is 6.33. The molecular weight excluding hydrogens is 458 g/mol. The van der Waals surface area contributed by atoms with Crippen molar-refractivity contribution in [2.45, 2.75) is 12.5 Å². The van der Waals surface area contributed by atoms with Crippen LogP contribution in [-0.4, -0.2) is 50.9 Å². The fourth-order valence-electron chi connectivity index (χ4n) is 4.83. The summed E-state index contributed by atoms with van der Waals surface area (Å²) in [5.74, 6) is 2.74. The Morgan fingerprint density at radius 3 is 2.22 bits per heavy atom. The van der Waals surface area contributed by atoms with Crippen molar-refractivity contribution in [1.82, 2.24) is 9.88 Å². The van der Waals surface area contributed by atoms with Crippen molar-refractivity contribution in [3.63, 3.8) is 0 Å². The minimum Gasteiger partial charge on any atom is -0.497 e. The molecule has 0 saturated carbocycles. The number of hydrogen-bond donors (Lipinski definition) is 2. The summed E-state index contributed by atoms with van der Waals surface area (Å²) < 4.78 is 21.6. The van der Waals surface area contributed by atoms with Crippen molar-refractivity contribution in [3.8, 4) is 23.0 Å². The van der Waals surface area contributed by atoms with Gasteiger partial charge in [0.05, 0.1) is 40.2 Å². The fourth-order valence-corrected chi connectivity index (χ4v) is 4.83. The van der Waals surface area contributed by atoms with Crippen molar-refractivity contribution in [2.75, 3.05) is 40.3 Å². The van der Waals surface area contributed by atoms with Crippen LogP contribution in [0.25, 0.3) is 10.9 Å². The number of aromatic nitrogens is 1. The SMILES string of the molecule is COc1ccc([C@@H]2c3[nH]c4ccc(OC)cc4c3CCN2C(=O)Nc2ccc(OC)cc2OC)cc1. The third-order valence-corrected chi connectivity index (χ3v) is 6.68. The van der Waals surface area contributed by atoms with Gasteiger partial charge in [-0.25, -0.2) is 4.79 Å². The van der Waals surface area contributed by atoms with Gasteiger partial charge in [-0.1, -0.05) is 12.1 Å². The summed E-state index contributed by atoms with van der Waals surface area (Å²) in [4.78, 5) is 19.1. The number of benzene rings is 3. The molecule has 3 aromatic carbocycles. The molecule has 1 aliphatic rings. The third-order valence-electron chi connectivity index (χ3n) is 6.68. The molecule has 0 radical (unpaired) electrons. The first-order valence-corrected chi connectivity index (χ1v) is 11.7. The van der Waals surface area contributed by atoms with Gasteiger partial charge in [0.1, 0.15) is 23.0 Å². The number of amides is 2. The lowest BCUT2D eigenvalue weighted by Gasteiger charge is -2.36. The van der Waals surface area contributed by atoms with E-state index in [0.717, 1.165) is 33.7 Å². The normalized spacial score (nSPS) is 14.8. The number of aromatic amines is 1. The Balaban J connectivity index is 1.56. The van der Waals surface area contributed by atoms with Gasteiger partial charge in [-0.15, -0.1) is 0 Å². The molecule has 2 N–H and O–H groups in total. The maximum absolute atomic E-state index is 13.7. The van der Waals surface area contributed by atoms with Crippen LogP contribution in [0.5, 0.6) is 23.0 Å². The van der Waals surface area contributed by atoms with Crippen LogP contribution in [0.3, 0.4) is 0 Å². The molecule has 8 nitrogen and oxygen atoms in total. The summed E-state index contributed by atoms with van der Waals surface area (Å²) >= 11 is 0. The van der Waals surface area contributed by atoms with E-state index < -0.39 is 0 Å². The molecule has 2 heterocycles. The second kappa shape index (κ2) is 9.73. The van der Waals surface area contributed by atoms with Gasteiger partial charge in [-0.05, 0) is 60.0 Å². The number of H-pyrrole nitrogens is 1. The number of nitrogens with one attached hydrogen (secondary N) is 2. The van der Waals surface area contributed by atoms with Gasteiger partial charge in [0, 0.05) is 29.2 Å². The number of nitrogens with zero attached hydrogens (tertiary/aromatic N) is 1. The van der Waals surface area contributed by atoms with Crippen LogP contribution < -0.4 is 24.3 Å². The quantitative estimate of drug-likeness (QED) is 0.381. The van der Waals surface area contributed by atoms with Crippen molar-refractivity contribution < 1.29 is 23.7 Å². The van der Waals surface area contributed by atoms with Gasteiger partial charge in [-0.2, -0.15) is 0 Å². The van der Waals surface area contributed by atoms with Gasteiger partial charge in [0.15, 0.2) is 0 Å². The molecule has 5 rings (SSSR count). The van der Waals surface area contributed by atoms with Crippen molar-refractivity contribution >= 4 is 22.6 Å². The first-order valence-electron chi connectivity index (χ1n) is 11.7. The standard InChI is InChI=1S/C28H29N3O5/c1-33-18-7-5-17(6-8-18)27-26-21(22-15-19(34-2)9-11-23(22)29-26)13-14-31(27)28(32)30-24-12-10-20(35-3)16-25(24)36-4/h5-12,15-16,27,29H,13-14H2,1-4H3,(H,30,32)/t27-/m1/s1. The lowest BCUT2D eigenvalue weighted by Crippen LogP contribution is -2.43. The van der Waals surface area contributed by atoms with E-state index in [0.29, 0.717) is 30.2 Å². The van der Waals surface area contributed by atoms with E-state index in [9.17, 15) is 4.79 Å². The number of rotatable bonds is 6. The predicted octanol–water partition coefficient (Wildman–Crippen LogP) is 5.38. The van der Waals surface area contributed by atoms with Crippen LogP contribution in [0.1, 0.15) is 22.9 Å². The van der Waals surface area contributed by atoms with E-state index in [1.54, 1.807) is 46.6 Å². The summed E-state index contributed by atoms with van der Waals surface area (Å²) in [7, 11) is 6.46. The lowest BCUT2D eigenvalue weighted by molar-refractivity contribution is 0.193. The number of fused-ring (bicyclic) bond motifs is 3. The number of urea groups is 1. The van der Waals surface area contributed by atoms with Crippen LogP contribution in [-0.2, 0) is 6.42 Å². The van der Waals surface area contributed by atoms with Gasteiger partial charge in [0.2, 0.25) is 0 Å². The molecule has 0 saturated heterocycles. The highest BCUT2D eigenvalue weighted by Crippen LogP contribution is 2.40. The summed E-state index contributed by atoms with van der Waals surface area (Å²) in [5, 5.41) is 4.15. The van der Waals surface area contributed by atoms with Gasteiger partial charge < -0.3 is 34.1 Å². The second-order valence-corrected chi connectivity index (χ2v) is 8.54.